The van der Waals surface area contributed by atoms with Gasteiger partial charge in [0, 0.05) is 13.0 Å². The molecule has 0 radical (unpaired) electrons. The summed E-state index contributed by atoms with van der Waals surface area (Å²) in [4.78, 5) is 10.5. The lowest BCUT2D eigenvalue weighted by Crippen LogP contribution is -2.30. The van der Waals surface area contributed by atoms with Crippen molar-refractivity contribution in [3.8, 4) is 0 Å². The summed E-state index contributed by atoms with van der Waals surface area (Å²) >= 11 is 0. The minimum Gasteiger partial charge on any atom is -0.481 e. The average molecular weight is 187 g/mol. The Morgan fingerprint density at radius 2 is 2.46 bits per heavy atom. The van der Waals surface area contributed by atoms with Crippen LogP contribution in [0.5, 0.6) is 0 Å². The number of aliphatic carboxylic acids is 1. The van der Waals surface area contributed by atoms with E-state index in [1.165, 1.54) is 0 Å². The largest absolute Gasteiger partial charge is 0.481 e. The molecule has 4 nitrogen and oxygen atoms in total. The molecule has 0 aromatic rings. The second-order valence-corrected chi connectivity index (χ2v) is 3.62. The van der Waals surface area contributed by atoms with Crippen molar-refractivity contribution in [1.82, 2.24) is 0 Å². The summed E-state index contributed by atoms with van der Waals surface area (Å²) < 4.78 is 5.38. The maximum Gasteiger partial charge on any atom is 0.303 e. The number of rotatable bonds is 4. The van der Waals surface area contributed by atoms with Gasteiger partial charge in [-0.2, -0.15) is 0 Å². The Morgan fingerprint density at radius 1 is 1.77 bits per heavy atom. The Hall–Kier alpha value is -0.610. The van der Waals surface area contributed by atoms with Gasteiger partial charge in [-0.25, -0.2) is 0 Å². The van der Waals surface area contributed by atoms with Gasteiger partial charge in [0.25, 0.3) is 0 Å². The molecule has 0 aliphatic carbocycles. The maximum atomic E-state index is 10.5. The number of carboxylic acids is 1. The van der Waals surface area contributed by atoms with E-state index >= 15 is 0 Å². The van der Waals surface area contributed by atoms with Crippen molar-refractivity contribution < 1.29 is 14.6 Å². The molecule has 1 aliphatic heterocycles. The van der Waals surface area contributed by atoms with Gasteiger partial charge < -0.3 is 15.6 Å². The van der Waals surface area contributed by atoms with Crippen LogP contribution in [0.4, 0.5) is 0 Å². The van der Waals surface area contributed by atoms with E-state index in [1.54, 1.807) is 0 Å². The van der Waals surface area contributed by atoms with Crippen molar-refractivity contribution in [2.24, 2.45) is 17.6 Å². The minimum atomic E-state index is -0.769. The lowest BCUT2D eigenvalue weighted by molar-refractivity contribution is -0.138. The lowest BCUT2D eigenvalue weighted by Gasteiger charge is -2.22. The molecule has 76 valence electrons. The number of hydrogen-bond acceptors (Lipinski definition) is 3. The van der Waals surface area contributed by atoms with Gasteiger partial charge in [0.15, 0.2) is 0 Å². The van der Waals surface area contributed by atoms with Gasteiger partial charge in [0.2, 0.25) is 0 Å². The molecule has 13 heavy (non-hydrogen) atoms. The van der Waals surface area contributed by atoms with Crippen LogP contribution in [-0.4, -0.2) is 30.3 Å². The van der Waals surface area contributed by atoms with Crippen LogP contribution in [0.1, 0.15) is 19.8 Å². The summed E-state index contributed by atoms with van der Waals surface area (Å²) in [6, 6.07) is 0. The number of carboxylic acid groups (broad SMARTS) is 1. The van der Waals surface area contributed by atoms with Gasteiger partial charge in [-0.15, -0.1) is 0 Å². The fraction of sp³-hybridized carbons (Fsp3) is 0.889. The molecule has 0 saturated carbocycles. The molecule has 3 N–H and O–H groups in total. The van der Waals surface area contributed by atoms with E-state index in [4.69, 9.17) is 15.6 Å². The molecule has 1 rings (SSSR count). The molecular formula is C9H17NO3. The third-order valence-corrected chi connectivity index (χ3v) is 2.78. The molecule has 0 spiro atoms. The Bertz CT molecular complexity index is 184. The summed E-state index contributed by atoms with van der Waals surface area (Å²) in [5.41, 5.74) is 5.54. The molecule has 1 heterocycles. The first-order chi connectivity index (χ1) is 6.15. The van der Waals surface area contributed by atoms with Crippen molar-refractivity contribution in [2.75, 3.05) is 13.2 Å². The zero-order valence-electron chi connectivity index (χ0n) is 7.90. The Balaban J connectivity index is 2.49. The van der Waals surface area contributed by atoms with Gasteiger partial charge >= 0.3 is 5.97 Å². The molecule has 0 amide bonds. The van der Waals surface area contributed by atoms with Crippen molar-refractivity contribution in [3.63, 3.8) is 0 Å². The molecule has 0 aromatic heterocycles. The van der Waals surface area contributed by atoms with Gasteiger partial charge in [0.05, 0.1) is 6.10 Å². The van der Waals surface area contributed by atoms with E-state index in [-0.39, 0.29) is 18.4 Å². The molecule has 1 saturated heterocycles. The third-order valence-electron chi connectivity index (χ3n) is 2.78. The van der Waals surface area contributed by atoms with Crippen LogP contribution < -0.4 is 5.73 Å². The van der Waals surface area contributed by atoms with Gasteiger partial charge in [-0.1, -0.05) is 0 Å². The van der Waals surface area contributed by atoms with Gasteiger partial charge in [-0.05, 0) is 31.7 Å². The van der Waals surface area contributed by atoms with E-state index < -0.39 is 5.97 Å². The molecule has 1 fully saturated rings. The Kier molecular flexibility index (Phi) is 3.69. The molecular weight excluding hydrogens is 170 g/mol. The minimum absolute atomic E-state index is 0.0648. The normalized spacial score (nSPS) is 30.3. The summed E-state index contributed by atoms with van der Waals surface area (Å²) in [7, 11) is 0. The molecule has 1 aliphatic rings. The van der Waals surface area contributed by atoms with Crippen LogP contribution in [0.25, 0.3) is 0 Å². The molecule has 0 aromatic carbocycles. The number of nitrogens with two attached hydrogens (primary N) is 1. The van der Waals surface area contributed by atoms with Gasteiger partial charge in [-0.3, -0.25) is 4.79 Å². The summed E-state index contributed by atoms with van der Waals surface area (Å²) in [5.74, 6) is -0.384. The predicted molar refractivity (Wildman–Crippen MR) is 48.3 cm³/mol. The second-order valence-electron chi connectivity index (χ2n) is 3.62. The van der Waals surface area contributed by atoms with E-state index in [0.717, 1.165) is 13.0 Å². The van der Waals surface area contributed by atoms with Crippen LogP contribution >= 0.6 is 0 Å². The highest BCUT2D eigenvalue weighted by Gasteiger charge is 2.32. The summed E-state index contributed by atoms with van der Waals surface area (Å²) in [6.45, 7) is 3.16. The summed E-state index contributed by atoms with van der Waals surface area (Å²) in [5, 5.41) is 8.67. The lowest BCUT2D eigenvalue weighted by atomic mass is 9.85. The van der Waals surface area contributed by atoms with Crippen molar-refractivity contribution in [3.05, 3.63) is 0 Å². The van der Waals surface area contributed by atoms with E-state index in [1.807, 2.05) is 6.92 Å². The van der Waals surface area contributed by atoms with E-state index in [9.17, 15) is 4.79 Å². The fourth-order valence-electron chi connectivity index (χ4n) is 2.00. The average Bonchev–Trinajstić information content (AvgIpc) is 2.47. The van der Waals surface area contributed by atoms with E-state index in [2.05, 4.69) is 0 Å². The summed E-state index contributed by atoms with van der Waals surface area (Å²) in [6.07, 6.45) is 1.26. The highest BCUT2D eigenvalue weighted by molar-refractivity contribution is 5.67. The zero-order valence-corrected chi connectivity index (χ0v) is 7.90. The van der Waals surface area contributed by atoms with Gasteiger partial charge in [0.1, 0.15) is 0 Å². The quantitative estimate of drug-likeness (QED) is 0.670. The van der Waals surface area contributed by atoms with Crippen molar-refractivity contribution in [2.45, 2.75) is 25.9 Å². The van der Waals surface area contributed by atoms with E-state index in [0.29, 0.717) is 12.5 Å². The number of hydrogen-bond donors (Lipinski definition) is 2. The number of carbonyl (C=O) groups is 1. The molecule has 3 unspecified atom stereocenters. The zero-order chi connectivity index (χ0) is 9.84. The molecule has 3 atom stereocenters. The first-order valence-electron chi connectivity index (χ1n) is 4.68. The van der Waals surface area contributed by atoms with Crippen LogP contribution in [0, 0.1) is 11.8 Å². The highest BCUT2D eigenvalue weighted by atomic mass is 16.5. The Labute approximate surface area is 78.1 Å². The molecule has 0 bridgehead atoms. The van der Waals surface area contributed by atoms with Crippen LogP contribution in [0.15, 0.2) is 0 Å². The second kappa shape index (κ2) is 4.58. The van der Waals surface area contributed by atoms with Crippen LogP contribution in [-0.2, 0) is 9.53 Å². The molecule has 4 heteroatoms. The number of ether oxygens (including phenoxy) is 1. The SMILES string of the molecule is CC1OCCC1C(CN)CC(=O)O. The third kappa shape index (κ3) is 2.67. The first kappa shape index (κ1) is 10.5. The smallest absolute Gasteiger partial charge is 0.303 e. The monoisotopic (exact) mass is 187 g/mol. The maximum absolute atomic E-state index is 10.5. The standard InChI is InChI=1S/C9H17NO3/c1-6-8(2-3-13-6)7(5-10)4-9(11)12/h6-8H,2-5,10H2,1H3,(H,11,12). The highest BCUT2D eigenvalue weighted by Crippen LogP contribution is 2.29. The van der Waals surface area contributed by atoms with Crippen molar-refractivity contribution >= 4 is 5.97 Å². The van der Waals surface area contributed by atoms with Crippen molar-refractivity contribution in [1.29, 1.82) is 0 Å². The Morgan fingerprint density at radius 3 is 2.85 bits per heavy atom. The predicted octanol–water partition coefficient (Wildman–Crippen LogP) is 0.461. The fourth-order valence-corrected chi connectivity index (χ4v) is 2.00. The van der Waals surface area contributed by atoms with Crippen LogP contribution in [0.2, 0.25) is 0 Å². The first-order valence-corrected chi connectivity index (χ1v) is 4.68. The van der Waals surface area contributed by atoms with Crippen LogP contribution in [0.3, 0.4) is 0 Å². The topological polar surface area (TPSA) is 72.5 Å².